The molecule has 1 aromatic carbocycles. The van der Waals surface area contributed by atoms with Crippen molar-refractivity contribution in [1.82, 2.24) is 9.80 Å². The van der Waals surface area contributed by atoms with Gasteiger partial charge in [0, 0.05) is 13.1 Å². The fraction of sp³-hybridized carbons (Fsp3) is 0.312. The number of hydrogen-bond acceptors (Lipinski definition) is 4. The standard InChI is InChI=1S/C16H17ClN2O3S/c1-4-18-14(20)11(15(21)19(5-2)16(18)23)8-10-6-7-13(22-3)12(17)9-10/h6-9H,4-5H2,1-3H3. The lowest BCUT2D eigenvalue weighted by Crippen LogP contribution is -2.55. The molecule has 0 radical (unpaired) electrons. The van der Waals surface area contributed by atoms with Crippen molar-refractivity contribution in [2.24, 2.45) is 0 Å². The van der Waals surface area contributed by atoms with Crippen molar-refractivity contribution in [1.29, 1.82) is 0 Å². The third kappa shape index (κ3) is 3.23. The van der Waals surface area contributed by atoms with Gasteiger partial charge in [-0.2, -0.15) is 0 Å². The Balaban J connectivity index is 2.46. The van der Waals surface area contributed by atoms with Gasteiger partial charge in [-0.3, -0.25) is 19.4 Å². The van der Waals surface area contributed by atoms with Crippen LogP contribution in [0.4, 0.5) is 0 Å². The predicted molar refractivity (Wildman–Crippen MR) is 93.4 cm³/mol. The first-order valence-electron chi connectivity index (χ1n) is 7.17. The Morgan fingerprint density at radius 2 is 1.74 bits per heavy atom. The molecular formula is C16H17ClN2O3S. The molecule has 0 N–H and O–H groups in total. The first-order valence-corrected chi connectivity index (χ1v) is 7.96. The molecule has 0 spiro atoms. The summed E-state index contributed by atoms with van der Waals surface area (Å²) >= 11 is 11.3. The molecule has 0 aromatic heterocycles. The minimum atomic E-state index is -0.390. The zero-order valence-corrected chi connectivity index (χ0v) is 14.7. The zero-order chi connectivity index (χ0) is 17.1. The van der Waals surface area contributed by atoms with Gasteiger partial charge >= 0.3 is 0 Å². The quantitative estimate of drug-likeness (QED) is 0.475. The molecule has 0 bridgehead atoms. The van der Waals surface area contributed by atoms with Crippen LogP contribution in [0, 0.1) is 0 Å². The summed E-state index contributed by atoms with van der Waals surface area (Å²) in [4.78, 5) is 27.9. The van der Waals surface area contributed by atoms with Crippen LogP contribution >= 0.6 is 23.8 Å². The number of benzene rings is 1. The number of thiocarbonyl (C=S) groups is 1. The summed E-state index contributed by atoms with van der Waals surface area (Å²) in [5.41, 5.74) is 0.718. The van der Waals surface area contributed by atoms with E-state index in [0.29, 0.717) is 29.4 Å². The molecule has 1 saturated heterocycles. The van der Waals surface area contributed by atoms with Gasteiger partial charge in [0.25, 0.3) is 11.8 Å². The lowest BCUT2D eigenvalue weighted by molar-refractivity contribution is -0.133. The van der Waals surface area contributed by atoms with Crippen LogP contribution in [0.2, 0.25) is 5.02 Å². The van der Waals surface area contributed by atoms with E-state index in [2.05, 4.69) is 0 Å². The number of amides is 2. The van der Waals surface area contributed by atoms with Gasteiger partial charge in [0.05, 0.1) is 12.1 Å². The Labute approximate surface area is 145 Å². The second kappa shape index (κ2) is 7.10. The smallest absolute Gasteiger partial charge is 0.265 e. The van der Waals surface area contributed by atoms with Crippen LogP contribution in [0.25, 0.3) is 6.08 Å². The van der Waals surface area contributed by atoms with E-state index in [-0.39, 0.29) is 22.5 Å². The first kappa shape index (κ1) is 17.4. The highest BCUT2D eigenvalue weighted by atomic mass is 35.5. The average molecular weight is 353 g/mol. The predicted octanol–water partition coefficient (Wildman–Crippen LogP) is 2.73. The molecule has 7 heteroatoms. The van der Waals surface area contributed by atoms with Gasteiger partial charge < -0.3 is 4.74 Å². The normalized spacial score (nSPS) is 15.3. The van der Waals surface area contributed by atoms with E-state index in [1.165, 1.54) is 23.0 Å². The van der Waals surface area contributed by atoms with Gasteiger partial charge in [-0.1, -0.05) is 17.7 Å². The van der Waals surface area contributed by atoms with E-state index < -0.39 is 0 Å². The third-order valence-corrected chi connectivity index (χ3v) is 4.27. The van der Waals surface area contributed by atoms with E-state index in [9.17, 15) is 9.59 Å². The lowest BCUT2D eigenvalue weighted by atomic mass is 10.1. The first-order chi connectivity index (χ1) is 10.9. The summed E-state index contributed by atoms with van der Waals surface area (Å²) in [6.07, 6.45) is 1.53. The van der Waals surface area contributed by atoms with Crippen molar-refractivity contribution in [3.8, 4) is 5.75 Å². The molecular weight excluding hydrogens is 336 g/mol. The SMILES string of the molecule is CCN1C(=O)C(=Cc2ccc(OC)c(Cl)c2)C(=O)N(CC)C1=S. The minimum absolute atomic E-state index is 0.0727. The van der Waals surface area contributed by atoms with E-state index in [1.807, 2.05) is 13.8 Å². The van der Waals surface area contributed by atoms with Crippen molar-refractivity contribution in [2.75, 3.05) is 20.2 Å². The van der Waals surface area contributed by atoms with Gasteiger partial charge in [0.1, 0.15) is 11.3 Å². The fourth-order valence-corrected chi connectivity index (χ4v) is 3.01. The van der Waals surface area contributed by atoms with E-state index in [1.54, 1.807) is 18.2 Å². The molecule has 0 aliphatic carbocycles. The number of nitrogens with zero attached hydrogens (tertiary/aromatic N) is 2. The molecule has 122 valence electrons. The van der Waals surface area contributed by atoms with Crippen LogP contribution in [-0.2, 0) is 9.59 Å². The highest BCUT2D eigenvalue weighted by Crippen LogP contribution is 2.27. The number of methoxy groups -OCH3 is 1. The second-order valence-corrected chi connectivity index (χ2v) is 5.61. The number of carbonyl (C=O) groups is 2. The monoisotopic (exact) mass is 352 g/mol. The maximum absolute atomic E-state index is 12.5. The molecule has 1 fully saturated rings. The number of hydrogen-bond donors (Lipinski definition) is 0. The van der Waals surface area contributed by atoms with Crippen LogP contribution in [0.3, 0.4) is 0 Å². The van der Waals surface area contributed by atoms with E-state index >= 15 is 0 Å². The minimum Gasteiger partial charge on any atom is -0.495 e. The van der Waals surface area contributed by atoms with Gasteiger partial charge in [0.2, 0.25) is 0 Å². The Morgan fingerprint density at radius 3 is 2.17 bits per heavy atom. The summed E-state index contributed by atoms with van der Waals surface area (Å²) in [5, 5.41) is 0.655. The average Bonchev–Trinajstić information content (AvgIpc) is 2.52. The molecule has 0 saturated carbocycles. The van der Waals surface area contributed by atoms with Gasteiger partial charge in [0.15, 0.2) is 5.11 Å². The van der Waals surface area contributed by atoms with Crippen LogP contribution in [0.15, 0.2) is 23.8 Å². The molecule has 5 nitrogen and oxygen atoms in total. The fourth-order valence-electron chi connectivity index (χ4n) is 2.32. The van der Waals surface area contributed by atoms with Crippen LogP contribution in [0.1, 0.15) is 19.4 Å². The summed E-state index contributed by atoms with van der Waals surface area (Å²) in [6.45, 7) is 4.44. The molecule has 1 aliphatic heterocycles. The van der Waals surface area contributed by atoms with Gasteiger partial charge in [-0.05, 0) is 49.8 Å². The van der Waals surface area contributed by atoms with Crippen LogP contribution in [0.5, 0.6) is 5.75 Å². The molecule has 1 heterocycles. The van der Waals surface area contributed by atoms with Crippen LogP contribution in [-0.4, -0.2) is 46.9 Å². The Hall–Kier alpha value is -1.92. The topological polar surface area (TPSA) is 49.9 Å². The lowest BCUT2D eigenvalue weighted by Gasteiger charge is -2.35. The van der Waals surface area contributed by atoms with Crippen LogP contribution < -0.4 is 4.74 Å². The summed E-state index contributed by atoms with van der Waals surface area (Å²) in [5.74, 6) is -0.250. The molecule has 1 aromatic rings. The Kier molecular flexibility index (Phi) is 5.38. The molecule has 2 amide bonds. The highest BCUT2D eigenvalue weighted by molar-refractivity contribution is 7.80. The Bertz CT molecular complexity index is 675. The third-order valence-electron chi connectivity index (χ3n) is 3.53. The van der Waals surface area contributed by atoms with Gasteiger partial charge in [-0.25, -0.2) is 0 Å². The van der Waals surface area contributed by atoms with Gasteiger partial charge in [-0.15, -0.1) is 0 Å². The maximum atomic E-state index is 12.5. The summed E-state index contributed by atoms with van der Waals surface area (Å²) < 4.78 is 5.10. The second-order valence-electron chi connectivity index (χ2n) is 4.83. The summed E-state index contributed by atoms with van der Waals surface area (Å²) in [6, 6.07) is 5.07. The molecule has 1 aliphatic rings. The highest BCUT2D eigenvalue weighted by Gasteiger charge is 2.37. The largest absolute Gasteiger partial charge is 0.495 e. The van der Waals surface area contributed by atoms with Crippen molar-refractivity contribution in [3.05, 3.63) is 34.4 Å². The molecule has 2 rings (SSSR count). The number of rotatable bonds is 4. The van der Waals surface area contributed by atoms with Crippen molar-refractivity contribution in [3.63, 3.8) is 0 Å². The number of carbonyl (C=O) groups excluding carboxylic acids is 2. The van der Waals surface area contributed by atoms with Crippen molar-refractivity contribution >= 4 is 46.8 Å². The number of likely N-dealkylation sites (N-methyl/N-ethyl adjacent to an activating group) is 2. The van der Waals surface area contributed by atoms with Crippen molar-refractivity contribution < 1.29 is 14.3 Å². The summed E-state index contributed by atoms with van der Waals surface area (Å²) in [7, 11) is 1.52. The Morgan fingerprint density at radius 1 is 1.17 bits per heavy atom. The zero-order valence-electron chi connectivity index (χ0n) is 13.1. The van der Waals surface area contributed by atoms with Crippen molar-refractivity contribution in [2.45, 2.75) is 13.8 Å². The number of halogens is 1. The number of ether oxygens (including phenoxy) is 1. The van der Waals surface area contributed by atoms with E-state index in [0.717, 1.165) is 0 Å². The molecule has 23 heavy (non-hydrogen) atoms. The molecule has 0 unspecified atom stereocenters. The molecule has 0 atom stereocenters. The van der Waals surface area contributed by atoms with E-state index in [4.69, 9.17) is 28.6 Å². The maximum Gasteiger partial charge on any atom is 0.265 e.